The minimum absolute atomic E-state index is 0.0883. The first-order chi connectivity index (χ1) is 24.1. The zero-order chi connectivity index (χ0) is 35.9. The Morgan fingerprint density at radius 1 is 0.420 bits per heavy atom. The van der Waals surface area contributed by atoms with E-state index in [9.17, 15) is 19.2 Å². The van der Waals surface area contributed by atoms with Crippen LogP contribution in [0.15, 0.2) is 118 Å². The minimum atomic E-state index is -0.685. The van der Waals surface area contributed by atoms with Crippen LogP contribution in [0.2, 0.25) is 0 Å². The quantitative estimate of drug-likeness (QED) is 0.100. The van der Waals surface area contributed by atoms with E-state index >= 15 is 0 Å². The van der Waals surface area contributed by atoms with Crippen LogP contribution in [0.3, 0.4) is 0 Å². The minimum Gasteiger partial charge on any atom is -0.465 e. The number of halogens is 2. The van der Waals surface area contributed by atoms with E-state index in [0.29, 0.717) is 31.7 Å². The van der Waals surface area contributed by atoms with Gasteiger partial charge < -0.3 is 28.7 Å². The molecule has 0 radical (unpaired) electrons. The molecule has 0 amide bonds. The summed E-state index contributed by atoms with van der Waals surface area (Å²) in [4.78, 5) is 56.8. The number of para-hydroxylation sites is 2. The molecule has 0 bridgehead atoms. The molecule has 0 aliphatic rings. The smallest absolute Gasteiger partial charge is 0.340 e. The lowest BCUT2D eigenvalue weighted by Gasteiger charge is -2.32. The van der Waals surface area contributed by atoms with E-state index in [-0.39, 0.29) is 33.6 Å². The highest BCUT2D eigenvalue weighted by Crippen LogP contribution is 2.45. The summed E-state index contributed by atoms with van der Waals surface area (Å²) in [6, 6.07) is 31.7. The molecule has 0 atom stereocenters. The van der Waals surface area contributed by atoms with Gasteiger partial charge in [-0.3, -0.25) is 0 Å². The van der Waals surface area contributed by atoms with E-state index in [4.69, 9.17) is 18.9 Å². The third-order valence-corrected chi connectivity index (χ3v) is 8.51. The van der Waals surface area contributed by atoms with E-state index < -0.39 is 23.9 Å². The number of nitrogens with zero attached hydrogens (tertiary/aromatic N) is 2. The van der Waals surface area contributed by atoms with Crippen molar-refractivity contribution in [2.45, 2.75) is 0 Å². The molecule has 0 spiro atoms. The van der Waals surface area contributed by atoms with E-state index in [1.54, 1.807) is 58.3 Å². The first-order valence-corrected chi connectivity index (χ1v) is 16.5. The molecule has 50 heavy (non-hydrogen) atoms. The van der Waals surface area contributed by atoms with Crippen LogP contribution in [0, 0.1) is 0 Å². The van der Waals surface area contributed by atoms with Crippen molar-refractivity contribution in [1.29, 1.82) is 0 Å². The third-order valence-electron chi connectivity index (χ3n) is 7.59. The van der Waals surface area contributed by atoms with Crippen LogP contribution in [0.1, 0.15) is 41.4 Å². The molecule has 0 unspecified atom stereocenters. The molecule has 0 saturated heterocycles. The van der Waals surface area contributed by atoms with Crippen LogP contribution in [0.5, 0.6) is 0 Å². The Hall–Kier alpha value is -5.46. The van der Waals surface area contributed by atoms with Crippen molar-refractivity contribution < 1.29 is 38.1 Å². The monoisotopic (exact) mass is 800 g/mol. The normalized spacial score (nSPS) is 10.5. The average Bonchev–Trinajstić information content (AvgIpc) is 3.15. The molecule has 10 nitrogen and oxygen atoms in total. The molecule has 0 saturated carbocycles. The summed E-state index contributed by atoms with van der Waals surface area (Å²) in [7, 11) is 5.02. The van der Waals surface area contributed by atoms with Gasteiger partial charge in [-0.1, -0.05) is 74.3 Å². The topological polar surface area (TPSA) is 112 Å². The Balaban J connectivity index is 1.88. The van der Waals surface area contributed by atoms with Gasteiger partial charge in [-0.2, -0.15) is 0 Å². The molecule has 5 aromatic rings. The highest BCUT2D eigenvalue weighted by Gasteiger charge is 2.31. The van der Waals surface area contributed by atoms with Crippen LogP contribution >= 0.6 is 31.9 Å². The van der Waals surface area contributed by atoms with Gasteiger partial charge in [-0.25, -0.2) is 19.2 Å². The number of methoxy groups -OCH3 is 4. The molecule has 0 fully saturated rings. The predicted molar refractivity (Wildman–Crippen MR) is 197 cm³/mol. The van der Waals surface area contributed by atoms with Crippen molar-refractivity contribution in [2.75, 3.05) is 38.2 Å². The van der Waals surface area contributed by atoms with Crippen LogP contribution in [-0.4, -0.2) is 52.3 Å². The van der Waals surface area contributed by atoms with E-state index in [1.165, 1.54) is 28.4 Å². The van der Waals surface area contributed by atoms with Gasteiger partial charge in [0.1, 0.15) is 0 Å². The highest BCUT2D eigenvalue weighted by atomic mass is 79.9. The van der Waals surface area contributed by atoms with Crippen molar-refractivity contribution in [1.82, 2.24) is 0 Å². The third kappa shape index (κ3) is 7.26. The maximum absolute atomic E-state index is 13.3. The van der Waals surface area contributed by atoms with Crippen molar-refractivity contribution in [2.24, 2.45) is 0 Å². The molecule has 0 aliphatic carbocycles. The predicted octanol–water partition coefficient (Wildman–Crippen LogP) is 9.30. The lowest BCUT2D eigenvalue weighted by Crippen LogP contribution is -2.21. The molecule has 0 aromatic heterocycles. The van der Waals surface area contributed by atoms with Gasteiger partial charge in [0.2, 0.25) is 0 Å². The lowest BCUT2D eigenvalue weighted by molar-refractivity contribution is 0.0583. The fourth-order valence-electron chi connectivity index (χ4n) is 5.48. The summed E-state index contributed by atoms with van der Waals surface area (Å²) in [5.74, 6) is -2.74. The Morgan fingerprint density at radius 2 is 0.700 bits per heavy atom. The lowest BCUT2D eigenvalue weighted by atomic mass is 10.0. The van der Waals surface area contributed by atoms with Gasteiger partial charge >= 0.3 is 23.9 Å². The Labute approximate surface area is 305 Å². The SMILES string of the molecule is COC(=O)c1cc(Br)cc(C(=O)OC)c1N(c1ccccc1)c1cccc(N(c2ccccc2)c2c(C(=O)OC)cc(Br)cc2C(=O)OC)c1. The summed E-state index contributed by atoms with van der Waals surface area (Å²) >= 11 is 6.84. The van der Waals surface area contributed by atoms with Crippen LogP contribution in [0.4, 0.5) is 34.1 Å². The zero-order valence-electron chi connectivity index (χ0n) is 27.3. The van der Waals surface area contributed by atoms with E-state index in [0.717, 1.165) is 0 Å². The summed E-state index contributed by atoms with van der Waals surface area (Å²) < 4.78 is 21.6. The number of benzene rings is 5. The van der Waals surface area contributed by atoms with Crippen LogP contribution < -0.4 is 9.80 Å². The molecule has 5 rings (SSSR count). The maximum Gasteiger partial charge on any atom is 0.340 e. The van der Waals surface area contributed by atoms with Crippen molar-refractivity contribution in [3.05, 3.63) is 140 Å². The molecular weight excluding hydrogens is 772 g/mol. The van der Waals surface area contributed by atoms with Crippen molar-refractivity contribution >= 4 is 89.9 Å². The summed E-state index contributed by atoms with van der Waals surface area (Å²) in [5, 5.41) is 0. The van der Waals surface area contributed by atoms with Crippen molar-refractivity contribution in [3.8, 4) is 0 Å². The van der Waals surface area contributed by atoms with Crippen molar-refractivity contribution in [3.63, 3.8) is 0 Å². The number of carbonyl (C=O) groups is 4. The number of rotatable bonds is 10. The maximum atomic E-state index is 13.3. The van der Waals surface area contributed by atoms with Gasteiger partial charge in [0.05, 0.1) is 62.1 Å². The highest BCUT2D eigenvalue weighted by molar-refractivity contribution is 9.10. The van der Waals surface area contributed by atoms with Gasteiger partial charge in [0.15, 0.2) is 0 Å². The number of hydrogen-bond donors (Lipinski definition) is 0. The fourth-order valence-corrected chi connectivity index (χ4v) is 6.40. The summed E-state index contributed by atoms with van der Waals surface area (Å²) in [6.45, 7) is 0. The number of anilines is 6. The van der Waals surface area contributed by atoms with Gasteiger partial charge in [0.25, 0.3) is 0 Å². The summed E-state index contributed by atoms with van der Waals surface area (Å²) in [5.41, 5.74) is 2.97. The van der Waals surface area contributed by atoms with E-state index in [1.807, 2.05) is 60.7 Å². The fraction of sp³-hybridized carbons (Fsp3) is 0.105. The largest absolute Gasteiger partial charge is 0.465 e. The first-order valence-electron chi connectivity index (χ1n) is 14.9. The van der Waals surface area contributed by atoms with Crippen LogP contribution in [-0.2, 0) is 18.9 Å². The molecule has 0 aliphatic heterocycles. The first kappa shape index (κ1) is 35.8. The molecule has 0 N–H and O–H groups in total. The second kappa shape index (κ2) is 15.8. The standard InChI is InChI=1S/C38H30Br2N2O8/c1-47-35(43)29-18-23(39)19-30(36(44)48-2)33(29)41(25-12-7-5-8-13-25)27-16-11-17-28(22-27)42(26-14-9-6-10-15-26)34-31(37(45)49-3)20-24(40)21-32(34)38(46)50-4/h5-22H,1-4H3. The van der Waals surface area contributed by atoms with E-state index in [2.05, 4.69) is 31.9 Å². The van der Waals surface area contributed by atoms with Gasteiger partial charge in [-0.05, 0) is 66.7 Å². The number of ether oxygens (including phenoxy) is 4. The Morgan fingerprint density at radius 3 is 0.980 bits per heavy atom. The molecule has 5 aromatic carbocycles. The second-order valence-corrected chi connectivity index (χ2v) is 12.4. The number of esters is 4. The Bertz CT molecular complexity index is 1850. The second-order valence-electron chi connectivity index (χ2n) is 10.5. The number of carbonyl (C=O) groups excluding carboxylic acids is 4. The number of hydrogen-bond acceptors (Lipinski definition) is 10. The molecule has 254 valence electrons. The molecule has 12 heteroatoms. The van der Waals surface area contributed by atoms with Gasteiger partial charge in [-0.15, -0.1) is 0 Å². The zero-order valence-corrected chi connectivity index (χ0v) is 30.5. The van der Waals surface area contributed by atoms with Crippen LogP contribution in [0.25, 0.3) is 0 Å². The summed E-state index contributed by atoms with van der Waals surface area (Å²) in [6.07, 6.45) is 0. The molecule has 0 heterocycles. The van der Waals surface area contributed by atoms with Gasteiger partial charge in [0, 0.05) is 31.7 Å². The Kier molecular flexibility index (Phi) is 11.3. The average molecular weight is 802 g/mol. The molecular formula is C38H30Br2N2O8.